The van der Waals surface area contributed by atoms with Crippen LogP contribution in [0, 0.1) is 6.92 Å². The maximum atomic E-state index is 4.62. The summed E-state index contributed by atoms with van der Waals surface area (Å²) in [4.78, 5) is 7.99. The number of benzene rings is 1. The Balaban J connectivity index is 2.26. The second kappa shape index (κ2) is 4.97. The number of nitrogens with zero attached hydrogens (tertiary/aromatic N) is 1. The van der Waals surface area contributed by atoms with E-state index in [2.05, 4.69) is 50.3 Å². The van der Waals surface area contributed by atoms with E-state index in [1.807, 2.05) is 7.05 Å². The number of fused-ring (bicyclic) bond motifs is 1. The average molecular weight is 282 g/mol. The van der Waals surface area contributed by atoms with Crippen molar-refractivity contribution in [1.29, 1.82) is 0 Å². The molecule has 2 rings (SSSR count). The molecule has 86 valence electrons. The van der Waals surface area contributed by atoms with E-state index in [0.717, 1.165) is 40.7 Å². The van der Waals surface area contributed by atoms with Crippen LogP contribution in [-0.2, 0) is 6.42 Å². The van der Waals surface area contributed by atoms with Gasteiger partial charge in [-0.15, -0.1) is 0 Å². The minimum absolute atomic E-state index is 0.993. The number of aromatic nitrogens is 2. The first kappa shape index (κ1) is 11.6. The number of halogens is 1. The molecule has 0 aliphatic carbocycles. The van der Waals surface area contributed by atoms with E-state index in [9.17, 15) is 0 Å². The lowest BCUT2D eigenvalue weighted by Gasteiger charge is -1.95. The Labute approximate surface area is 104 Å². The Morgan fingerprint density at radius 2 is 2.25 bits per heavy atom. The van der Waals surface area contributed by atoms with Crippen LogP contribution in [0.1, 0.15) is 17.8 Å². The molecule has 0 spiro atoms. The van der Waals surface area contributed by atoms with Gasteiger partial charge in [0.15, 0.2) is 0 Å². The van der Waals surface area contributed by atoms with Crippen molar-refractivity contribution in [3.63, 3.8) is 0 Å². The van der Waals surface area contributed by atoms with Crippen LogP contribution in [0.3, 0.4) is 0 Å². The summed E-state index contributed by atoms with van der Waals surface area (Å²) >= 11 is 3.50. The van der Waals surface area contributed by atoms with Crippen LogP contribution in [0.5, 0.6) is 0 Å². The average Bonchev–Trinajstić information content (AvgIpc) is 2.61. The smallest absolute Gasteiger partial charge is 0.107 e. The largest absolute Gasteiger partial charge is 0.342 e. The van der Waals surface area contributed by atoms with Gasteiger partial charge in [-0.25, -0.2) is 4.98 Å². The quantitative estimate of drug-likeness (QED) is 0.847. The molecule has 0 saturated heterocycles. The number of nitrogens with one attached hydrogen (secondary N) is 2. The number of aromatic amines is 1. The van der Waals surface area contributed by atoms with Crippen LogP contribution in [0.25, 0.3) is 11.0 Å². The van der Waals surface area contributed by atoms with Gasteiger partial charge in [0.1, 0.15) is 5.82 Å². The van der Waals surface area contributed by atoms with E-state index in [4.69, 9.17) is 0 Å². The third-order valence-corrected chi connectivity index (χ3v) is 3.09. The fourth-order valence-electron chi connectivity index (χ4n) is 1.85. The van der Waals surface area contributed by atoms with Gasteiger partial charge in [-0.3, -0.25) is 0 Å². The maximum absolute atomic E-state index is 4.62. The molecule has 16 heavy (non-hydrogen) atoms. The van der Waals surface area contributed by atoms with E-state index in [-0.39, 0.29) is 0 Å². The van der Waals surface area contributed by atoms with Crippen molar-refractivity contribution in [2.45, 2.75) is 19.8 Å². The Morgan fingerprint density at radius 3 is 3.00 bits per heavy atom. The van der Waals surface area contributed by atoms with Crippen molar-refractivity contribution in [2.75, 3.05) is 13.6 Å². The van der Waals surface area contributed by atoms with Gasteiger partial charge in [0, 0.05) is 10.9 Å². The molecule has 0 aliphatic rings. The summed E-state index contributed by atoms with van der Waals surface area (Å²) in [5.74, 6) is 1.08. The van der Waals surface area contributed by atoms with Crippen LogP contribution >= 0.6 is 15.9 Å². The molecule has 1 heterocycles. The van der Waals surface area contributed by atoms with Crippen molar-refractivity contribution >= 4 is 27.0 Å². The van der Waals surface area contributed by atoms with Crippen molar-refractivity contribution in [3.05, 3.63) is 28.0 Å². The van der Waals surface area contributed by atoms with E-state index in [1.54, 1.807) is 0 Å². The molecule has 0 amide bonds. The molecule has 0 unspecified atom stereocenters. The highest BCUT2D eigenvalue weighted by molar-refractivity contribution is 9.10. The number of aryl methyl sites for hydroxylation is 2. The summed E-state index contributed by atoms with van der Waals surface area (Å²) in [5.41, 5.74) is 3.41. The molecule has 0 aliphatic heterocycles. The minimum atomic E-state index is 0.993. The Kier molecular flexibility index (Phi) is 3.61. The normalized spacial score (nSPS) is 11.2. The lowest BCUT2D eigenvalue weighted by atomic mass is 10.2. The molecule has 0 bridgehead atoms. The lowest BCUT2D eigenvalue weighted by Crippen LogP contribution is -2.08. The minimum Gasteiger partial charge on any atom is -0.342 e. The zero-order valence-electron chi connectivity index (χ0n) is 9.60. The van der Waals surface area contributed by atoms with Gasteiger partial charge in [0.05, 0.1) is 11.0 Å². The van der Waals surface area contributed by atoms with Gasteiger partial charge in [0.25, 0.3) is 0 Å². The fraction of sp³-hybridized carbons (Fsp3) is 0.417. The summed E-state index contributed by atoms with van der Waals surface area (Å²) in [6.45, 7) is 3.12. The van der Waals surface area contributed by atoms with Gasteiger partial charge in [0.2, 0.25) is 0 Å². The highest BCUT2D eigenvalue weighted by Gasteiger charge is 2.05. The van der Waals surface area contributed by atoms with Gasteiger partial charge >= 0.3 is 0 Å². The number of hydrogen-bond donors (Lipinski definition) is 2. The molecule has 0 radical (unpaired) electrons. The summed E-state index contributed by atoms with van der Waals surface area (Å²) in [5, 5.41) is 3.14. The predicted octanol–water partition coefficient (Wildman–Crippen LogP) is 2.79. The van der Waals surface area contributed by atoms with Crippen LogP contribution in [-0.4, -0.2) is 23.6 Å². The molecular weight excluding hydrogens is 266 g/mol. The van der Waals surface area contributed by atoms with Crippen LogP contribution in [0.15, 0.2) is 16.6 Å². The van der Waals surface area contributed by atoms with E-state index < -0.39 is 0 Å². The molecule has 0 atom stereocenters. The summed E-state index contributed by atoms with van der Waals surface area (Å²) in [6.07, 6.45) is 2.10. The maximum Gasteiger partial charge on any atom is 0.107 e. The van der Waals surface area contributed by atoms with Crippen molar-refractivity contribution < 1.29 is 0 Å². The molecule has 1 aromatic carbocycles. The Hall–Kier alpha value is -0.870. The Bertz CT molecular complexity index is 490. The third-order valence-electron chi connectivity index (χ3n) is 2.63. The number of imidazole rings is 1. The number of H-pyrrole nitrogens is 1. The highest BCUT2D eigenvalue weighted by Crippen LogP contribution is 2.22. The Morgan fingerprint density at radius 1 is 1.44 bits per heavy atom. The number of rotatable bonds is 4. The SMILES string of the molecule is CNCCCc1nc2c(C)cc(Br)cc2[nH]1. The van der Waals surface area contributed by atoms with Gasteiger partial charge in [-0.2, -0.15) is 0 Å². The molecular formula is C12H16BrN3. The third kappa shape index (κ3) is 2.44. The van der Waals surface area contributed by atoms with Gasteiger partial charge < -0.3 is 10.3 Å². The zero-order chi connectivity index (χ0) is 11.5. The molecule has 0 saturated carbocycles. The molecule has 2 aromatic rings. The molecule has 2 N–H and O–H groups in total. The standard InChI is InChI=1S/C12H16BrN3/c1-8-6-9(13)7-10-12(8)16-11(15-10)4-3-5-14-2/h6-7,14H,3-5H2,1-2H3,(H,15,16). The van der Waals surface area contributed by atoms with E-state index >= 15 is 0 Å². The predicted molar refractivity (Wildman–Crippen MR) is 70.8 cm³/mol. The van der Waals surface area contributed by atoms with Crippen LogP contribution in [0.2, 0.25) is 0 Å². The van der Waals surface area contributed by atoms with Crippen LogP contribution < -0.4 is 5.32 Å². The zero-order valence-corrected chi connectivity index (χ0v) is 11.2. The second-order valence-electron chi connectivity index (χ2n) is 4.01. The highest BCUT2D eigenvalue weighted by atomic mass is 79.9. The van der Waals surface area contributed by atoms with Crippen molar-refractivity contribution in [1.82, 2.24) is 15.3 Å². The number of hydrogen-bond acceptors (Lipinski definition) is 2. The molecule has 4 heteroatoms. The lowest BCUT2D eigenvalue weighted by molar-refractivity contribution is 0.709. The molecule has 0 fully saturated rings. The monoisotopic (exact) mass is 281 g/mol. The van der Waals surface area contributed by atoms with Crippen molar-refractivity contribution in [3.8, 4) is 0 Å². The first-order chi connectivity index (χ1) is 7.70. The second-order valence-corrected chi connectivity index (χ2v) is 4.93. The molecule has 3 nitrogen and oxygen atoms in total. The van der Waals surface area contributed by atoms with Gasteiger partial charge in [-0.05, 0) is 44.6 Å². The van der Waals surface area contributed by atoms with E-state index in [1.165, 1.54) is 5.56 Å². The molecule has 1 aromatic heterocycles. The summed E-state index contributed by atoms with van der Waals surface area (Å²) in [7, 11) is 1.97. The van der Waals surface area contributed by atoms with Gasteiger partial charge in [-0.1, -0.05) is 15.9 Å². The topological polar surface area (TPSA) is 40.7 Å². The summed E-state index contributed by atoms with van der Waals surface area (Å²) in [6, 6.07) is 4.18. The van der Waals surface area contributed by atoms with E-state index in [0.29, 0.717) is 0 Å². The van der Waals surface area contributed by atoms with Crippen LogP contribution in [0.4, 0.5) is 0 Å². The van der Waals surface area contributed by atoms with Crippen molar-refractivity contribution in [2.24, 2.45) is 0 Å². The summed E-state index contributed by atoms with van der Waals surface area (Å²) < 4.78 is 1.10. The fourth-order valence-corrected chi connectivity index (χ4v) is 2.42. The first-order valence-corrected chi connectivity index (χ1v) is 6.29. The first-order valence-electron chi connectivity index (χ1n) is 5.50.